The highest BCUT2D eigenvalue weighted by atomic mass is 16.4. The van der Waals surface area contributed by atoms with Gasteiger partial charge >= 0.3 is 11.9 Å². The molecular formula is C21H36N6O9. The maximum absolute atomic E-state index is 13.0. The van der Waals surface area contributed by atoms with Crippen LogP contribution in [0.15, 0.2) is 0 Å². The summed E-state index contributed by atoms with van der Waals surface area (Å²) < 4.78 is 0. The van der Waals surface area contributed by atoms with Crippen LogP contribution >= 0.6 is 0 Å². The third-order valence-corrected chi connectivity index (χ3v) is 5.41. The molecule has 0 aromatic carbocycles. The van der Waals surface area contributed by atoms with E-state index < -0.39 is 78.0 Å². The van der Waals surface area contributed by atoms with Crippen molar-refractivity contribution in [1.29, 1.82) is 0 Å². The summed E-state index contributed by atoms with van der Waals surface area (Å²) in [6, 6.07) is -5.28. The summed E-state index contributed by atoms with van der Waals surface area (Å²) in [7, 11) is 0. The lowest BCUT2D eigenvalue weighted by Gasteiger charge is -2.28. The van der Waals surface area contributed by atoms with Crippen molar-refractivity contribution >= 4 is 41.5 Å². The minimum Gasteiger partial charge on any atom is -0.481 e. The number of rotatable bonds is 18. The number of carbonyl (C=O) groups is 7. The van der Waals surface area contributed by atoms with Gasteiger partial charge in [-0.15, -0.1) is 0 Å². The Bertz CT molecular complexity index is 835. The molecule has 204 valence electrons. The Morgan fingerprint density at radius 1 is 0.722 bits per heavy atom. The average Bonchev–Trinajstić information content (AvgIpc) is 2.79. The van der Waals surface area contributed by atoms with Gasteiger partial charge in [0.2, 0.25) is 29.5 Å². The van der Waals surface area contributed by atoms with E-state index in [0.29, 0.717) is 6.42 Å². The first-order chi connectivity index (χ1) is 16.7. The zero-order valence-electron chi connectivity index (χ0n) is 20.3. The molecule has 0 saturated carbocycles. The molecule has 5 amide bonds. The smallest absolute Gasteiger partial charge is 0.326 e. The number of carboxylic acid groups (broad SMARTS) is 2. The predicted octanol–water partition coefficient (Wildman–Crippen LogP) is -2.71. The lowest BCUT2D eigenvalue weighted by Crippen LogP contribution is -2.58. The maximum Gasteiger partial charge on any atom is 0.326 e. The fourth-order valence-corrected chi connectivity index (χ4v) is 3.01. The Morgan fingerprint density at radius 2 is 1.22 bits per heavy atom. The van der Waals surface area contributed by atoms with Gasteiger partial charge in [-0.3, -0.25) is 28.8 Å². The average molecular weight is 517 g/mol. The second kappa shape index (κ2) is 16.0. The number of carbonyl (C=O) groups excluding carboxylic acids is 5. The van der Waals surface area contributed by atoms with Crippen LogP contribution in [-0.2, 0) is 33.6 Å². The van der Waals surface area contributed by atoms with Gasteiger partial charge in [0.05, 0.1) is 6.04 Å². The number of carboxylic acids is 2. The number of primary amides is 2. The molecule has 15 heteroatoms. The molecule has 0 aliphatic heterocycles. The van der Waals surface area contributed by atoms with Gasteiger partial charge in [-0.2, -0.15) is 0 Å². The number of aliphatic carboxylic acids is 2. The predicted molar refractivity (Wildman–Crippen MR) is 125 cm³/mol. The monoisotopic (exact) mass is 516 g/mol. The minimum atomic E-state index is -1.51. The number of hydrogen-bond acceptors (Lipinski definition) is 8. The first-order valence-corrected chi connectivity index (χ1v) is 11.4. The van der Waals surface area contributed by atoms with E-state index in [1.807, 2.05) is 0 Å². The molecular weight excluding hydrogens is 480 g/mol. The van der Waals surface area contributed by atoms with Crippen molar-refractivity contribution in [2.75, 3.05) is 0 Å². The summed E-state index contributed by atoms with van der Waals surface area (Å²) in [5.41, 5.74) is 15.8. The zero-order valence-corrected chi connectivity index (χ0v) is 20.3. The summed E-state index contributed by atoms with van der Waals surface area (Å²) in [6.07, 6.45) is -1.33. The number of nitrogens with one attached hydrogen (secondary N) is 3. The van der Waals surface area contributed by atoms with Gasteiger partial charge in [0, 0.05) is 19.3 Å². The minimum absolute atomic E-state index is 0.0540. The highest BCUT2D eigenvalue weighted by Gasteiger charge is 2.32. The second-order valence-corrected chi connectivity index (χ2v) is 8.38. The van der Waals surface area contributed by atoms with Crippen LogP contribution in [0.3, 0.4) is 0 Å². The largest absolute Gasteiger partial charge is 0.481 e. The molecule has 11 N–H and O–H groups in total. The van der Waals surface area contributed by atoms with Crippen molar-refractivity contribution in [3.05, 3.63) is 0 Å². The molecule has 5 unspecified atom stereocenters. The molecule has 0 fully saturated rings. The Balaban J connectivity index is 5.61. The Hall–Kier alpha value is -3.75. The molecule has 0 heterocycles. The van der Waals surface area contributed by atoms with Gasteiger partial charge in [-0.05, 0) is 25.2 Å². The Morgan fingerprint density at radius 3 is 1.69 bits per heavy atom. The fourth-order valence-electron chi connectivity index (χ4n) is 3.01. The standard InChI is InChI=1S/C21H36N6O9/c1-3-10(2)17(27-18(32)11(22)4-7-14(23)28)20(34)25-12(6-9-16(30)31)19(33)26-13(21(35)36)5-8-15(24)29/h10-13,17H,3-9,22H2,1-2H3,(H2,23,28)(H2,24,29)(H,25,34)(H,26,33)(H,27,32)(H,30,31)(H,35,36). The molecule has 5 atom stereocenters. The van der Waals surface area contributed by atoms with Gasteiger partial charge in [0.25, 0.3) is 0 Å². The van der Waals surface area contributed by atoms with Crippen LogP contribution in [-0.4, -0.2) is 75.9 Å². The normalized spacial score (nSPS) is 14.9. The van der Waals surface area contributed by atoms with Crippen LogP contribution in [0.5, 0.6) is 0 Å². The lowest BCUT2D eigenvalue weighted by atomic mass is 9.96. The third kappa shape index (κ3) is 12.6. The van der Waals surface area contributed by atoms with Crippen LogP contribution in [0.25, 0.3) is 0 Å². The molecule has 0 radical (unpaired) electrons. The molecule has 0 spiro atoms. The SMILES string of the molecule is CCC(C)C(NC(=O)C(N)CCC(N)=O)C(=O)NC(CCC(=O)O)C(=O)NC(CCC(N)=O)C(=O)O. The first-order valence-electron chi connectivity index (χ1n) is 11.4. The topological polar surface area (TPSA) is 274 Å². The summed E-state index contributed by atoms with van der Waals surface area (Å²) in [4.78, 5) is 82.6. The van der Waals surface area contributed by atoms with Gasteiger partial charge in [0.15, 0.2) is 0 Å². The van der Waals surface area contributed by atoms with Gasteiger partial charge in [0.1, 0.15) is 18.1 Å². The van der Waals surface area contributed by atoms with Crippen LogP contribution in [0.4, 0.5) is 0 Å². The molecule has 15 nitrogen and oxygen atoms in total. The van der Waals surface area contributed by atoms with Crippen molar-refractivity contribution in [2.45, 2.75) is 83.0 Å². The van der Waals surface area contributed by atoms with E-state index in [0.717, 1.165) is 0 Å². The number of amides is 5. The number of nitrogens with two attached hydrogens (primary N) is 3. The summed E-state index contributed by atoms with van der Waals surface area (Å²) >= 11 is 0. The van der Waals surface area contributed by atoms with Crippen LogP contribution in [0.2, 0.25) is 0 Å². The highest BCUT2D eigenvalue weighted by Crippen LogP contribution is 2.11. The molecule has 0 bridgehead atoms. The molecule has 0 saturated heterocycles. The molecule has 36 heavy (non-hydrogen) atoms. The van der Waals surface area contributed by atoms with Crippen molar-refractivity contribution < 1.29 is 43.8 Å². The van der Waals surface area contributed by atoms with E-state index >= 15 is 0 Å². The third-order valence-electron chi connectivity index (χ3n) is 5.41. The van der Waals surface area contributed by atoms with Crippen LogP contribution < -0.4 is 33.2 Å². The van der Waals surface area contributed by atoms with Gasteiger partial charge < -0.3 is 43.4 Å². The maximum atomic E-state index is 13.0. The van der Waals surface area contributed by atoms with E-state index in [1.54, 1.807) is 13.8 Å². The van der Waals surface area contributed by atoms with Crippen LogP contribution in [0.1, 0.15) is 58.8 Å². The van der Waals surface area contributed by atoms with E-state index in [9.17, 15) is 38.7 Å². The zero-order chi connectivity index (χ0) is 28.0. The van der Waals surface area contributed by atoms with Crippen molar-refractivity contribution in [3.63, 3.8) is 0 Å². The van der Waals surface area contributed by atoms with Gasteiger partial charge in [-0.25, -0.2) is 4.79 Å². The Kier molecular flexibility index (Phi) is 14.4. The van der Waals surface area contributed by atoms with E-state index in [4.69, 9.17) is 22.3 Å². The molecule has 0 aromatic rings. The van der Waals surface area contributed by atoms with Gasteiger partial charge in [-0.1, -0.05) is 20.3 Å². The summed E-state index contributed by atoms with van der Waals surface area (Å²) in [6.45, 7) is 3.39. The number of hydrogen-bond donors (Lipinski definition) is 8. The fraction of sp³-hybridized carbons (Fsp3) is 0.667. The van der Waals surface area contributed by atoms with Crippen molar-refractivity contribution in [3.8, 4) is 0 Å². The highest BCUT2D eigenvalue weighted by molar-refractivity contribution is 5.94. The second-order valence-electron chi connectivity index (χ2n) is 8.38. The molecule has 0 rings (SSSR count). The summed E-state index contributed by atoms with van der Waals surface area (Å²) in [5.74, 6) is -7.16. The first kappa shape index (κ1) is 32.2. The molecule has 0 aromatic heterocycles. The van der Waals surface area contributed by atoms with Crippen LogP contribution in [0, 0.1) is 5.92 Å². The quantitative estimate of drug-likeness (QED) is 0.0932. The summed E-state index contributed by atoms with van der Waals surface area (Å²) in [5, 5.41) is 25.3. The molecule has 0 aliphatic rings. The lowest BCUT2D eigenvalue weighted by molar-refractivity contribution is -0.143. The van der Waals surface area contributed by atoms with E-state index in [2.05, 4.69) is 16.0 Å². The van der Waals surface area contributed by atoms with E-state index in [1.165, 1.54) is 0 Å². The molecule has 0 aliphatic carbocycles. The van der Waals surface area contributed by atoms with E-state index in [-0.39, 0.29) is 32.1 Å². The van der Waals surface area contributed by atoms with Crippen molar-refractivity contribution in [2.24, 2.45) is 23.1 Å². The Labute approximate surface area is 207 Å². The van der Waals surface area contributed by atoms with Crippen molar-refractivity contribution in [1.82, 2.24) is 16.0 Å².